The van der Waals surface area contributed by atoms with E-state index in [1.807, 2.05) is 12.1 Å². The Balaban J connectivity index is 2.03. The van der Waals surface area contributed by atoms with Gasteiger partial charge in [0.25, 0.3) is 0 Å². The topological polar surface area (TPSA) is 46.0 Å². The highest BCUT2D eigenvalue weighted by atomic mass is 32.2. The van der Waals surface area contributed by atoms with Gasteiger partial charge in [-0.2, -0.15) is 0 Å². The highest BCUT2D eigenvalue weighted by molar-refractivity contribution is 7.98. The Morgan fingerprint density at radius 2 is 1.80 bits per heavy atom. The van der Waals surface area contributed by atoms with Crippen LogP contribution >= 0.6 is 11.8 Å². The molecule has 15 heavy (non-hydrogen) atoms. The molecule has 1 aromatic heterocycles. The van der Waals surface area contributed by atoms with Crippen LogP contribution in [0.3, 0.4) is 0 Å². The van der Waals surface area contributed by atoms with Crippen LogP contribution in [0.4, 0.5) is 0 Å². The van der Waals surface area contributed by atoms with Crippen molar-refractivity contribution in [2.45, 2.75) is 10.6 Å². The van der Waals surface area contributed by atoms with Crippen molar-refractivity contribution in [2.24, 2.45) is 0 Å². The van der Waals surface area contributed by atoms with Gasteiger partial charge < -0.3 is 5.11 Å². The molecule has 0 unspecified atom stereocenters. The van der Waals surface area contributed by atoms with E-state index in [-0.39, 0.29) is 0 Å². The minimum Gasteiger partial charge on any atom is -0.507 e. The van der Waals surface area contributed by atoms with Gasteiger partial charge >= 0.3 is 0 Å². The van der Waals surface area contributed by atoms with Gasteiger partial charge in [0, 0.05) is 17.3 Å². The Morgan fingerprint density at radius 1 is 1.07 bits per heavy atom. The number of thioether (sulfide) groups is 1. The van der Waals surface area contributed by atoms with Crippen molar-refractivity contribution in [3.05, 3.63) is 48.5 Å². The van der Waals surface area contributed by atoms with Crippen molar-refractivity contribution >= 4 is 11.8 Å². The van der Waals surface area contributed by atoms with Crippen LogP contribution in [0.25, 0.3) is 0 Å². The average molecular weight is 218 g/mol. The molecule has 0 atom stereocenters. The predicted molar refractivity (Wildman–Crippen MR) is 59.7 cm³/mol. The van der Waals surface area contributed by atoms with Gasteiger partial charge in [-0.15, -0.1) is 11.8 Å². The summed E-state index contributed by atoms with van der Waals surface area (Å²) in [5, 5.41) is 9.53. The maximum atomic E-state index is 9.53. The fraction of sp³-hybridized carbons (Fsp3) is 0.0909. The summed E-state index contributed by atoms with van der Waals surface area (Å²) in [6, 6.07) is 9.04. The molecule has 2 aromatic rings. The smallest absolute Gasteiger partial charge is 0.138 e. The Kier molecular flexibility index (Phi) is 3.19. The first kappa shape index (κ1) is 9.98. The van der Waals surface area contributed by atoms with Gasteiger partial charge in [0.05, 0.1) is 5.75 Å². The second-order valence-corrected chi connectivity index (χ2v) is 3.94. The van der Waals surface area contributed by atoms with Crippen molar-refractivity contribution < 1.29 is 5.11 Å². The summed E-state index contributed by atoms with van der Waals surface area (Å²) in [5.74, 6) is 1.74. The molecule has 0 amide bonds. The lowest BCUT2D eigenvalue weighted by Crippen LogP contribution is -1.89. The largest absolute Gasteiger partial charge is 0.507 e. The number of rotatable bonds is 3. The van der Waals surface area contributed by atoms with E-state index >= 15 is 0 Å². The second kappa shape index (κ2) is 4.79. The number of hydrogen-bond donors (Lipinski definition) is 1. The molecular weight excluding hydrogens is 208 g/mol. The van der Waals surface area contributed by atoms with Crippen LogP contribution in [-0.4, -0.2) is 15.1 Å². The van der Waals surface area contributed by atoms with Gasteiger partial charge in [0.1, 0.15) is 11.6 Å². The molecule has 1 heterocycles. The molecule has 0 saturated carbocycles. The number of aromatic hydroxyl groups is 1. The first-order chi connectivity index (χ1) is 7.36. The molecule has 0 aliphatic rings. The van der Waals surface area contributed by atoms with Crippen LogP contribution in [0.15, 0.2) is 47.6 Å². The van der Waals surface area contributed by atoms with E-state index in [2.05, 4.69) is 9.97 Å². The van der Waals surface area contributed by atoms with Crippen molar-refractivity contribution in [3.8, 4) is 5.75 Å². The zero-order valence-electron chi connectivity index (χ0n) is 8.00. The molecule has 0 aliphatic heterocycles. The number of phenolic OH excluding ortho intramolecular Hbond substituents is 1. The summed E-state index contributed by atoms with van der Waals surface area (Å²) in [7, 11) is 0. The van der Waals surface area contributed by atoms with E-state index in [0.717, 1.165) is 10.7 Å². The van der Waals surface area contributed by atoms with Crippen LogP contribution < -0.4 is 0 Å². The molecule has 4 heteroatoms. The number of nitrogens with zero attached hydrogens (tertiary/aromatic N) is 2. The van der Waals surface area contributed by atoms with Crippen LogP contribution in [0, 0.1) is 0 Å². The van der Waals surface area contributed by atoms with Crippen LogP contribution in [-0.2, 0) is 5.75 Å². The summed E-state index contributed by atoms with van der Waals surface area (Å²) in [6.45, 7) is 0. The van der Waals surface area contributed by atoms with Crippen LogP contribution in [0.1, 0.15) is 5.82 Å². The minimum atomic E-state index is 0.304. The van der Waals surface area contributed by atoms with Crippen molar-refractivity contribution in [2.75, 3.05) is 0 Å². The Morgan fingerprint density at radius 3 is 2.53 bits per heavy atom. The molecule has 1 N–H and O–H groups in total. The molecule has 0 radical (unpaired) electrons. The predicted octanol–water partition coefficient (Wildman–Crippen LogP) is 2.47. The molecule has 76 valence electrons. The third kappa shape index (κ3) is 2.70. The second-order valence-electron chi connectivity index (χ2n) is 2.92. The molecule has 0 spiro atoms. The summed E-state index contributed by atoms with van der Waals surface area (Å²) in [4.78, 5) is 9.07. The summed E-state index contributed by atoms with van der Waals surface area (Å²) < 4.78 is 0. The minimum absolute atomic E-state index is 0.304. The lowest BCUT2D eigenvalue weighted by Gasteiger charge is -2.02. The van der Waals surface area contributed by atoms with Gasteiger partial charge in [-0.25, -0.2) is 9.97 Å². The standard InChI is InChI=1S/C11H10N2OS/c14-9-4-1-2-5-10(9)15-8-11-12-6-3-7-13-11/h1-7,14H,8H2. The Bertz CT molecular complexity index is 434. The molecule has 0 aliphatic carbocycles. The summed E-state index contributed by atoms with van der Waals surface area (Å²) in [5.41, 5.74) is 0. The number of phenols is 1. The normalized spacial score (nSPS) is 10.1. The fourth-order valence-electron chi connectivity index (χ4n) is 1.13. The van der Waals surface area contributed by atoms with Crippen molar-refractivity contribution in [1.29, 1.82) is 0 Å². The average Bonchev–Trinajstić information content (AvgIpc) is 2.29. The van der Waals surface area contributed by atoms with E-state index in [1.54, 1.807) is 30.6 Å². The first-order valence-electron chi connectivity index (χ1n) is 4.53. The van der Waals surface area contributed by atoms with E-state index in [0.29, 0.717) is 11.5 Å². The molecule has 1 aromatic carbocycles. The highest BCUT2D eigenvalue weighted by Gasteiger charge is 2.01. The Hall–Kier alpha value is -1.55. The number of hydrogen-bond acceptors (Lipinski definition) is 4. The lowest BCUT2D eigenvalue weighted by molar-refractivity contribution is 0.462. The van der Waals surface area contributed by atoms with E-state index in [4.69, 9.17) is 0 Å². The monoisotopic (exact) mass is 218 g/mol. The van der Waals surface area contributed by atoms with Crippen molar-refractivity contribution in [1.82, 2.24) is 9.97 Å². The third-order valence-corrected chi connectivity index (χ3v) is 2.90. The quantitative estimate of drug-likeness (QED) is 0.804. The van der Waals surface area contributed by atoms with E-state index in [9.17, 15) is 5.11 Å². The third-order valence-electron chi connectivity index (χ3n) is 1.84. The molecule has 2 rings (SSSR count). The molecule has 0 bridgehead atoms. The van der Waals surface area contributed by atoms with E-state index in [1.165, 1.54) is 11.8 Å². The SMILES string of the molecule is Oc1ccccc1SCc1ncccn1. The molecular formula is C11H10N2OS. The van der Waals surface area contributed by atoms with E-state index < -0.39 is 0 Å². The number of aromatic nitrogens is 2. The zero-order valence-corrected chi connectivity index (χ0v) is 8.81. The maximum absolute atomic E-state index is 9.53. The fourth-order valence-corrected chi connectivity index (χ4v) is 1.95. The maximum Gasteiger partial charge on any atom is 0.138 e. The van der Waals surface area contributed by atoms with Crippen LogP contribution in [0.5, 0.6) is 5.75 Å². The first-order valence-corrected chi connectivity index (χ1v) is 5.51. The number of para-hydroxylation sites is 1. The van der Waals surface area contributed by atoms with Gasteiger partial charge in [0.2, 0.25) is 0 Å². The molecule has 0 fully saturated rings. The van der Waals surface area contributed by atoms with Gasteiger partial charge in [-0.1, -0.05) is 12.1 Å². The number of benzene rings is 1. The summed E-state index contributed by atoms with van der Waals surface area (Å²) >= 11 is 1.53. The van der Waals surface area contributed by atoms with Gasteiger partial charge in [-0.05, 0) is 18.2 Å². The molecule has 3 nitrogen and oxygen atoms in total. The van der Waals surface area contributed by atoms with Crippen LogP contribution in [0.2, 0.25) is 0 Å². The highest BCUT2D eigenvalue weighted by Crippen LogP contribution is 2.29. The summed E-state index contributed by atoms with van der Waals surface area (Å²) in [6.07, 6.45) is 3.43. The van der Waals surface area contributed by atoms with Crippen molar-refractivity contribution in [3.63, 3.8) is 0 Å². The lowest BCUT2D eigenvalue weighted by atomic mass is 10.3. The van der Waals surface area contributed by atoms with Gasteiger partial charge in [-0.3, -0.25) is 0 Å². The zero-order chi connectivity index (χ0) is 10.5. The van der Waals surface area contributed by atoms with Gasteiger partial charge in [0.15, 0.2) is 0 Å². The Labute approximate surface area is 92.2 Å². The molecule has 0 saturated heterocycles.